The van der Waals surface area contributed by atoms with Crippen LogP contribution in [0.2, 0.25) is 0 Å². The van der Waals surface area contributed by atoms with Gasteiger partial charge in [0.1, 0.15) is 11.6 Å². The minimum atomic E-state index is -0.568. The molecule has 0 aromatic heterocycles. The molecule has 0 amide bonds. The van der Waals surface area contributed by atoms with Gasteiger partial charge in [0, 0.05) is 37.8 Å². The number of aliphatic hydroxyl groups excluding tert-OH is 1. The zero-order chi connectivity index (χ0) is 18.5. The lowest BCUT2D eigenvalue weighted by atomic mass is 9.90. The molecule has 1 saturated heterocycles. The number of aliphatic hydroxyl groups is 1. The van der Waals surface area contributed by atoms with Crippen LogP contribution in [0.25, 0.3) is 0 Å². The number of benzene rings is 2. The molecule has 2 aromatic rings. The van der Waals surface area contributed by atoms with Gasteiger partial charge >= 0.3 is 0 Å². The molecule has 1 aliphatic rings. The third-order valence-corrected chi connectivity index (χ3v) is 5.17. The minimum Gasteiger partial charge on any atom is -0.396 e. The molecule has 1 fully saturated rings. The van der Waals surface area contributed by atoms with Crippen LogP contribution in [0.3, 0.4) is 0 Å². The van der Waals surface area contributed by atoms with Crippen LogP contribution in [0.15, 0.2) is 48.5 Å². The molecular formula is C21H26F2N2O. The SMILES string of the molecule is C[C@H](N[C@H]1CN(Cc2ccccc2)CC[C@@H]1CO)c1cc(F)cc(F)c1. The van der Waals surface area contributed by atoms with E-state index in [-0.39, 0.29) is 24.6 Å². The van der Waals surface area contributed by atoms with Crippen molar-refractivity contribution in [1.29, 1.82) is 0 Å². The lowest BCUT2D eigenvalue weighted by molar-refractivity contribution is 0.0866. The van der Waals surface area contributed by atoms with Gasteiger partial charge in [-0.3, -0.25) is 4.90 Å². The third kappa shape index (κ3) is 4.87. The van der Waals surface area contributed by atoms with E-state index in [1.807, 2.05) is 25.1 Å². The monoisotopic (exact) mass is 360 g/mol. The number of hydrogen-bond acceptors (Lipinski definition) is 3. The topological polar surface area (TPSA) is 35.5 Å². The average molecular weight is 360 g/mol. The van der Waals surface area contributed by atoms with Crippen molar-refractivity contribution >= 4 is 0 Å². The number of rotatable bonds is 6. The molecule has 0 aliphatic carbocycles. The molecule has 2 aromatic carbocycles. The molecule has 0 saturated carbocycles. The van der Waals surface area contributed by atoms with Crippen LogP contribution in [0, 0.1) is 17.6 Å². The molecular weight excluding hydrogens is 334 g/mol. The molecule has 140 valence electrons. The van der Waals surface area contributed by atoms with E-state index in [9.17, 15) is 13.9 Å². The first-order valence-electron chi connectivity index (χ1n) is 9.14. The summed E-state index contributed by atoms with van der Waals surface area (Å²) in [5, 5.41) is 13.2. The van der Waals surface area contributed by atoms with E-state index in [0.29, 0.717) is 5.56 Å². The van der Waals surface area contributed by atoms with Crippen molar-refractivity contribution in [2.24, 2.45) is 5.92 Å². The fourth-order valence-corrected chi connectivity index (χ4v) is 3.70. The van der Waals surface area contributed by atoms with Crippen LogP contribution in [0.4, 0.5) is 8.78 Å². The maximum Gasteiger partial charge on any atom is 0.126 e. The largest absolute Gasteiger partial charge is 0.396 e. The van der Waals surface area contributed by atoms with Gasteiger partial charge in [-0.25, -0.2) is 8.78 Å². The van der Waals surface area contributed by atoms with Crippen molar-refractivity contribution in [1.82, 2.24) is 10.2 Å². The summed E-state index contributed by atoms with van der Waals surface area (Å²) < 4.78 is 27.0. The first-order chi connectivity index (χ1) is 12.5. The molecule has 5 heteroatoms. The van der Waals surface area contributed by atoms with Crippen molar-refractivity contribution in [2.75, 3.05) is 19.7 Å². The number of nitrogens with one attached hydrogen (secondary N) is 1. The van der Waals surface area contributed by atoms with Crippen LogP contribution >= 0.6 is 0 Å². The molecule has 26 heavy (non-hydrogen) atoms. The fourth-order valence-electron chi connectivity index (χ4n) is 3.70. The Balaban J connectivity index is 1.67. The second-order valence-electron chi connectivity index (χ2n) is 7.15. The van der Waals surface area contributed by atoms with Crippen molar-refractivity contribution in [3.63, 3.8) is 0 Å². The van der Waals surface area contributed by atoms with E-state index in [4.69, 9.17) is 0 Å². The van der Waals surface area contributed by atoms with E-state index in [1.54, 1.807) is 0 Å². The molecule has 3 atom stereocenters. The molecule has 0 spiro atoms. The highest BCUT2D eigenvalue weighted by Crippen LogP contribution is 2.23. The lowest BCUT2D eigenvalue weighted by Crippen LogP contribution is -2.52. The van der Waals surface area contributed by atoms with E-state index >= 15 is 0 Å². The fraction of sp³-hybridized carbons (Fsp3) is 0.429. The Morgan fingerprint density at radius 3 is 2.50 bits per heavy atom. The molecule has 0 unspecified atom stereocenters. The maximum atomic E-state index is 13.5. The number of hydrogen-bond donors (Lipinski definition) is 2. The Morgan fingerprint density at radius 1 is 1.15 bits per heavy atom. The van der Waals surface area contributed by atoms with Gasteiger partial charge in [0.2, 0.25) is 0 Å². The smallest absolute Gasteiger partial charge is 0.126 e. The first-order valence-corrected chi connectivity index (χ1v) is 9.14. The second-order valence-corrected chi connectivity index (χ2v) is 7.15. The van der Waals surface area contributed by atoms with Crippen LogP contribution in [0.1, 0.15) is 30.5 Å². The van der Waals surface area contributed by atoms with Gasteiger partial charge in [-0.2, -0.15) is 0 Å². The number of piperidine rings is 1. The van der Waals surface area contributed by atoms with E-state index < -0.39 is 11.6 Å². The summed E-state index contributed by atoms with van der Waals surface area (Å²) in [5.74, 6) is -0.994. The van der Waals surface area contributed by atoms with Gasteiger partial charge < -0.3 is 10.4 Å². The summed E-state index contributed by atoms with van der Waals surface area (Å²) in [5.41, 5.74) is 1.84. The summed E-state index contributed by atoms with van der Waals surface area (Å²) in [6, 6.07) is 13.8. The van der Waals surface area contributed by atoms with Gasteiger partial charge in [-0.1, -0.05) is 30.3 Å². The Kier molecular flexibility index (Phi) is 6.35. The van der Waals surface area contributed by atoms with Crippen molar-refractivity contribution in [2.45, 2.75) is 32.0 Å². The zero-order valence-corrected chi connectivity index (χ0v) is 15.0. The predicted molar refractivity (Wildman–Crippen MR) is 98.6 cm³/mol. The minimum absolute atomic E-state index is 0.0683. The summed E-state index contributed by atoms with van der Waals surface area (Å²) >= 11 is 0. The Morgan fingerprint density at radius 2 is 1.85 bits per heavy atom. The van der Waals surface area contributed by atoms with Crippen molar-refractivity contribution in [3.8, 4) is 0 Å². The second kappa shape index (κ2) is 8.71. The summed E-state index contributed by atoms with van der Waals surface area (Å²) in [7, 11) is 0. The lowest BCUT2D eigenvalue weighted by Gasteiger charge is -2.39. The summed E-state index contributed by atoms with van der Waals surface area (Å²) in [4.78, 5) is 2.36. The quantitative estimate of drug-likeness (QED) is 0.828. The van der Waals surface area contributed by atoms with E-state index in [2.05, 4.69) is 22.3 Å². The van der Waals surface area contributed by atoms with Gasteiger partial charge in [0.25, 0.3) is 0 Å². The Bertz CT molecular complexity index is 690. The highest BCUT2D eigenvalue weighted by atomic mass is 19.1. The number of likely N-dealkylation sites (tertiary alicyclic amines) is 1. The predicted octanol–water partition coefficient (Wildman–Crippen LogP) is 3.50. The normalized spacial score (nSPS) is 22.3. The highest BCUT2D eigenvalue weighted by molar-refractivity contribution is 5.21. The summed E-state index contributed by atoms with van der Waals surface area (Å²) in [6.07, 6.45) is 0.894. The molecule has 1 aliphatic heterocycles. The zero-order valence-electron chi connectivity index (χ0n) is 15.0. The average Bonchev–Trinajstić information content (AvgIpc) is 2.62. The molecule has 0 bridgehead atoms. The maximum absolute atomic E-state index is 13.5. The van der Waals surface area contributed by atoms with Crippen LogP contribution in [0.5, 0.6) is 0 Å². The van der Waals surface area contributed by atoms with Crippen LogP contribution in [-0.4, -0.2) is 35.7 Å². The Hall–Kier alpha value is -1.82. The standard InChI is InChI=1S/C21H26F2N2O/c1-15(18-9-19(22)11-20(23)10-18)24-21-13-25(8-7-17(21)14-26)12-16-5-3-2-4-6-16/h2-6,9-11,15,17,21,24,26H,7-8,12-14H2,1H3/t15-,17+,21-/m0/s1. The van der Waals surface area contributed by atoms with E-state index in [0.717, 1.165) is 32.1 Å². The first kappa shape index (κ1) is 19.0. The highest BCUT2D eigenvalue weighted by Gasteiger charge is 2.30. The van der Waals surface area contributed by atoms with Crippen LogP contribution < -0.4 is 5.32 Å². The van der Waals surface area contributed by atoms with Gasteiger partial charge in [0.05, 0.1) is 0 Å². The molecule has 3 rings (SSSR count). The van der Waals surface area contributed by atoms with Gasteiger partial charge in [-0.15, -0.1) is 0 Å². The van der Waals surface area contributed by atoms with Gasteiger partial charge in [-0.05, 0) is 49.1 Å². The molecule has 3 nitrogen and oxygen atoms in total. The number of halogens is 2. The summed E-state index contributed by atoms with van der Waals surface area (Å²) in [6.45, 7) is 4.60. The molecule has 1 heterocycles. The van der Waals surface area contributed by atoms with E-state index in [1.165, 1.54) is 17.7 Å². The Labute approximate surface area is 153 Å². The third-order valence-electron chi connectivity index (χ3n) is 5.17. The molecule has 2 N–H and O–H groups in total. The van der Waals surface area contributed by atoms with Crippen molar-refractivity contribution in [3.05, 3.63) is 71.3 Å². The van der Waals surface area contributed by atoms with Crippen molar-refractivity contribution < 1.29 is 13.9 Å². The van der Waals surface area contributed by atoms with Crippen LogP contribution in [-0.2, 0) is 6.54 Å². The number of nitrogens with zero attached hydrogens (tertiary/aromatic N) is 1. The van der Waals surface area contributed by atoms with Gasteiger partial charge in [0.15, 0.2) is 0 Å². The molecule has 0 radical (unpaired) electrons.